The Bertz CT molecular complexity index is 666. The minimum absolute atomic E-state index is 0. The standard InChI is InChI=1S/C16H21N3O2S.2ClH/c1-11-4-5-13(21-11)15-18-12(9-22-15)8-14(20)19-16(10-17)6-2-3-7-16;;/h4-5,9H,2-3,6-8,10,17H2,1H3,(H,19,20);2*1H. The maximum atomic E-state index is 12.3. The number of nitrogens with two attached hydrogens (primary N) is 1. The van der Waals surface area contributed by atoms with Crippen LogP contribution in [0.2, 0.25) is 0 Å². The first-order chi connectivity index (χ1) is 10.6. The SMILES string of the molecule is Cc1ccc(-c2nc(CC(=O)NC3(CN)CCCC3)cs2)o1.Cl.Cl. The first kappa shape index (κ1) is 21.0. The van der Waals surface area contributed by atoms with Crippen molar-refractivity contribution in [3.05, 3.63) is 29.0 Å². The molecule has 1 saturated carbocycles. The highest BCUT2D eigenvalue weighted by molar-refractivity contribution is 7.13. The van der Waals surface area contributed by atoms with Crippen molar-refractivity contribution in [2.45, 2.75) is 44.6 Å². The summed E-state index contributed by atoms with van der Waals surface area (Å²) >= 11 is 1.50. The second-order valence-electron chi connectivity index (χ2n) is 5.97. The van der Waals surface area contributed by atoms with Crippen LogP contribution in [0.25, 0.3) is 10.8 Å². The van der Waals surface area contributed by atoms with Gasteiger partial charge >= 0.3 is 0 Å². The fourth-order valence-corrected chi connectivity index (χ4v) is 3.77. The molecule has 3 rings (SSSR count). The van der Waals surface area contributed by atoms with E-state index in [2.05, 4.69) is 10.3 Å². The van der Waals surface area contributed by atoms with E-state index >= 15 is 0 Å². The molecule has 0 saturated heterocycles. The van der Waals surface area contributed by atoms with Gasteiger partial charge < -0.3 is 15.5 Å². The molecule has 8 heteroatoms. The summed E-state index contributed by atoms with van der Waals surface area (Å²) in [6, 6.07) is 3.81. The van der Waals surface area contributed by atoms with Crippen LogP contribution in [0.15, 0.2) is 21.9 Å². The molecule has 3 N–H and O–H groups in total. The Morgan fingerprint density at radius 2 is 2.08 bits per heavy atom. The Morgan fingerprint density at radius 1 is 1.38 bits per heavy atom. The molecule has 2 aromatic heterocycles. The highest BCUT2D eigenvalue weighted by Crippen LogP contribution is 2.29. The second-order valence-corrected chi connectivity index (χ2v) is 6.83. The lowest BCUT2D eigenvalue weighted by Crippen LogP contribution is -2.52. The molecule has 1 aliphatic carbocycles. The average Bonchev–Trinajstić information content (AvgIpc) is 3.20. The number of carbonyl (C=O) groups is 1. The van der Waals surface area contributed by atoms with Crippen molar-refractivity contribution in [2.24, 2.45) is 5.73 Å². The van der Waals surface area contributed by atoms with Crippen molar-refractivity contribution in [3.8, 4) is 10.8 Å². The smallest absolute Gasteiger partial charge is 0.226 e. The fraction of sp³-hybridized carbons (Fsp3) is 0.500. The molecule has 0 bridgehead atoms. The van der Waals surface area contributed by atoms with E-state index in [1.54, 1.807) is 0 Å². The second kappa shape index (κ2) is 8.85. The van der Waals surface area contributed by atoms with E-state index in [0.29, 0.717) is 6.54 Å². The molecular weight excluding hydrogens is 369 g/mol. The molecule has 1 fully saturated rings. The van der Waals surface area contributed by atoms with Crippen molar-refractivity contribution in [3.63, 3.8) is 0 Å². The Hall–Kier alpha value is -1.08. The Balaban J connectivity index is 0.00000144. The summed E-state index contributed by atoms with van der Waals surface area (Å²) in [5.74, 6) is 1.61. The number of carbonyl (C=O) groups excluding carboxylic acids is 1. The van der Waals surface area contributed by atoms with Crippen LogP contribution >= 0.6 is 36.2 Å². The summed E-state index contributed by atoms with van der Waals surface area (Å²) in [4.78, 5) is 16.7. The maximum absolute atomic E-state index is 12.3. The van der Waals surface area contributed by atoms with Gasteiger partial charge in [-0.05, 0) is 31.9 Å². The van der Waals surface area contributed by atoms with E-state index in [9.17, 15) is 4.79 Å². The topological polar surface area (TPSA) is 81.2 Å². The highest BCUT2D eigenvalue weighted by Gasteiger charge is 2.33. The monoisotopic (exact) mass is 391 g/mol. The van der Waals surface area contributed by atoms with Gasteiger partial charge in [0.15, 0.2) is 10.8 Å². The van der Waals surface area contributed by atoms with Crippen LogP contribution in [0.5, 0.6) is 0 Å². The third kappa shape index (κ3) is 4.72. The van der Waals surface area contributed by atoms with Crippen molar-refractivity contribution >= 4 is 42.1 Å². The van der Waals surface area contributed by atoms with Crippen molar-refractivity contribution < 1.29 is 9.21 Å². The van der Waals surface area contributed by atoms with E-state index in [1.807, 2.05) is 24.4 Å². The molecule has 2 heterocycles. The quantitative estimate of drug-likeness (QED) is 0.816. The first-order valence-corrected chi connectivity index (χ1v) is 8.50. The number of furan rings is 1. The number of aryl methyl sites for hydroxylation is 1. The summed E-state index contributed by atoms with van der Waals surface area (Å²) in [5, 5.41) is 5.84. The van der Waals surface area contributed by atoms with Crippen molar-refractivity contribution in [1.82, 2.24) is 10.3 Å². The molecule has 24 heavy (non-hydrogen) atoms. The minimum atomic E-state index is -0.200. The molecule has 2 aromatic rings. The molecule has 1 aliphatic rings. The number of nitrogens with zero attached hydrogens (tertiary/aromatic N) is 1. The predicted molar refractivity (Wildman–Crippen MR) is 101 cm³/mol. The number of rotatable bonds is 5. The maximum Gasteiger partial charge on any atom is 0.226 e. The first-order valence-electron chi connectivity index (χ1n) is 7.62. The summed E-state index contributed by atoms with van der Waals surface area (Å²) in [7, 11) is 0. The molecule has 0 aliphatic heterocycles. The lowest BCUT2D eigenvalue weighted by Gasteiger charge is -2.28. The van der Waals surface area contributed by atoms with Gasteiger partial charge in [0.2, 0.25) is 5.91 Å². The van der Waals surface area contributed by atoms with Crippen molar-refractivity contribution in [2.75, 3.05) is 6.54 Å². The summed E-state index contributed by atoms with van der Waals surface area (Å²) in [6.45, 7) is 2.41. The zero-order chi connectivity index (χ0) is 15.6. The van der Waals surface area contributed by atoms with E-state index in [0.717, 1.165) is 47.9 Å². The number of hydrogen-bond donors (Lipinski definition) is 2. The van der Waals surface area contributed by atoms with Crippen LogP contribution in [0, 0.1) is 6.92 Å². The zero-order valence-corrected chi connectivity index (χ0v) is 16.0. The minimum Gasteiger partial charge on any atom is -0.459 e. The van der Waals surface area contributed by atoms with Gasteiger partial charge in [-0.15, -0.1) is 36.2 Å². The fourth-order valence-electron chi connectivity index (χ4n) is 2.99. The molecular formula is C16H23Cl2N3O2S. The summed E-state index contributed by atoms with van der Waals surface area (Å²) in [5.41, 5.74) is 6.43. The van der Waals surface area contributed by atoms with E-state index in [4.69, 9.17) is 10.2 Å². The number of halogens is 2. The van der Waals surface area contributed by atoms with Crippen molar-refractivity contribution in [1.29, 1.82) is 0 Å². The van der Waals surface area contributed by atoms with Crippen LogP contribution in [0.3, 0.4) is 0 Å². The molecule has 0 radical (unpaired) electrons. The van der Waals surface area contributed by atoms with Gasteiger partial charge in [-0.25, -0.2) is 4.98 Å². The van der Waals surface area contributed by atoms with Gasteiger partial charge in [0.1, 0.15) is 5.76 Å². The molecule has 0 unspecified atom stereocenters. The van der Waals surface area contributed by atoms with Crippen LogP contribution in [-0.4, -0.2) is 23.0 Å². The van der Waals surface area contributed by atoms with Gasteiger partial charge in [-0.3, -0.25) is 4.79 Å². The van der Waals surface area contributed by atoms with E-state index in [-0.39, 0.29) is 42.7 Å². The van der Waals surface area contributed by atoms with Gasteiger partial charge in [0.25, 0.3) is 0 Å². The average molecular weight is 392 g/mol. The normalized spacial score (nSPS) is 15.4. The highest BCUT2D eigenvalue weighted by atomic mass is 35.5. The third-order valence-electron chi connectivity index (χ3n) is 4.20. The lowest BCUT2D eigenvalue weighted by molar-refractivity contribution is -0.122. The van der Waals surface area contributed by atoms with Crippen LogP contribution in [-0.2, 0) is 11.2 Å². The number of thiazole rings is 1. The van der Waals surface area contributed by atoms with Crippen LogP contribution in [0.1, 0.15) is 37.1 Å². The van der Waals surface area contributed by atoms with Crippen LogP contribution < -0.4 is 11.1 Å². The molecule has 0 aromatic carbocycles. The molecule has 0 spiro atoms. The van der Waals surface area contributed by atoms with E-state index < -0.39 is 0 Å². The molecule has 0 atom stereocenters. The van der Waals surface area contributed by atoms with Gasteiger partial charge in [-0.1, -0.05) is 12.8 Å². The predicted octanol–water partition coefficient (Wildman–Crippen LogP) is 3.49. The molecule has 5 nitrogen and oxygen atoms in total. The largest absolute Gasteiger partial charge is 0.459 e. The zero-order valence-electron chi connectivity index (χ0n) is 13.5. The summed E-state index contributed by atoms with van der Waals surface area (Å²) < 4.78 is 5.56. The number of hydrogen-bond acceptors (Lipinski definition) is 5. The van der Waals surface area contributed by atoms with Gasteiger partial charge in [0.05, 0.1) is 17.7 Å². The Kier molecular flexibility index (Phi) is 7.73. The Labute approximate surface area is 158 Å². The number of amides is 1. The summed E-state index contributed by atoms with van der Waals surface area (Å²) in [6.07, 6.45) is 4.51. The number of aromatic nitrogens is 1. The third-order valence-corrected chi connectivity index (χ3v) is 5.11. The van der Waals surface area contributed by atoms with E-state index in [1.165, 1.54) is 11.3 Å². The van der Waals surface area contributed by atoms with Gasteiger partial charge in [0, 0.05) is 11.9 Å². The van der Waals surface area contributed by atoms with Crippen LogP contribution in [0.4, 0.5) is 0 Å². The lowest BCUT2D eigenvalue weighted by atomic mass is 9.97. The molecule has 1 amide bonds. The van der Waals surface area contributed by atoms with Gasteiger partial charge in [-0.2, -0.15) is 0 Å². The molecule has 134 valence electrons. The number of nitrogens with one attached hydrogen (secondary N) is 1. The Morgan fingerprint density at radius 3 is 2.67 bits per heavy atom.